The van der Waals surface area contributed by atoms with Gasteiger partial charge in [-0.1, -0.05) is 18.2 Å². The van der Waals surface area contributed by atoms with E-state index in [1.54, 1.807) is 22.2 Å². The van der Waals surface area contributed by atoms with Gasteiger partial charge in [-0.05, 0) is 58.2 Å². The van der Waals surface area contributed by atoms with E-state index >= 15 is 0 Å². The van der Waals surface area contributed by atoms with Crippen LogP contribution in [0.2, 0.25) is 0 Å². The normalized spacial score (nSPS) is 17.4. The highest BCUT2D eigenvalue weighted by molar-refractivity contribution is 7.19. The van der Waals surface area contributed by atoms with Crippen LogP contribution in [0.5, 0.6) is 5.75 Å². The number of ether oxygens (including phenoxy) is 1. The number of aryl methyl sites for hydroxylation is 2. The van der Waals surface area contributed by atoms with Crippen molar-refractivity contribution in [2.45, 2.75) is 65.6 Å². The van der Waals surface area contributed by atoms with Gasteiger partial charge in [0.15, 0.2) is 11.5 Å². The summed E-state index contributed by atoms with van der Waals surface area (Å²) in [6, 6.07) is 6.17. The summed E-state index contributed by atoms with van der Waals surface area (Å²) >= 11 is 1.79. The maximum atomic E-state index is 6.09. The van der Waals surface area contributed by atoms with Crippen LogP contribution in [0.1, 0.15) is 55.1 Å². The molecule has 0 spiro atoms. The minimum atomic E-state index is 0.0216. The number of thiophene rings is 1. The van der Waals surface area contributed by atoms with Crippen molar-refractivity contribution in [1.29, 1.82) is 0 Å². The van der Waals surface area contributed by atoms with Crippen molar-refractivity contribution in [3.8, 4) is 5.75 Å². The molecule has 0 saturated heterocycles. The molecule has 1 aliphatic rings. The molecule has 156 valence electrons. The van der Waals surface area contributed by atoms with Gasteiger partial charge in [0, 0.05) is 6.42 Å². The summed E-state index contributed by atoms with van der Waals surface area (Å²) in [6.07, 6.45) is 2.77. The first-order valence-corrected chi connectivity index (χ1v) is 11.2. The second-order valence-corrected chi connectivity index (χ2v) is 10.7. The maximum absolute atomic E-state index is 6.09. The zero-order valence-corrected chi connectivity index (χ0v) is 19.2. The molecule has 0 radical (unpaired) electrons. The molecular weight excluding hydrogens is 394 g/mol. The fourth-order valence-electron chi connectivity index (χ4n) is 4.96. The van der Waals surface area contributed by atoms with Crippen molar-refractivity contribution >= 4 is 27.2 Å². The maximum Gasteiger partial charge on any atom is 0.189 e. The summed E-state index contributed by atoms with van der Waals surface area (Å²) in [5.41, 5.74) is 4.65. The van der Waals surface area contributed by atoms with Crippen molar-refractivity contribution in [3.05, 3.63) is 51.9 Å². The zero-order valence-electron chi connectivity index (χ0n) is 18.4. The van der Waals surface area contributed by atoms with E-state index in [0.29, 0.717) is 12.4 Å². The first kappa shape index (κ1) is 19.5. The summed E-state index contributed by atoms with van der Waals surface area (Å²) in [4.78, 5) is 12.0. The summed E-state index contributed by atoms with van der Waals surface area (Å²) in [5.74, 6) is 1.58. The zero-order chi connectivity index (χ0) is 21.3. The summed E-state index contributed by atoms with van der Waals surface area (Å²) in [6.45, 7) is 13.7. The molecule has 5 rings (SSSR count). The Morgan fingerprint density at radius 3 is 2.63 bits per heavy atom. The molecule has 2 N–H and O–H groups in total. The molecule has 0 amide bonds. The first-order valence-electron chi connectivity index (χ1n) is 10.4. The number of fused-ring (bicyclic) bond motifs is 5. The summed E-state index contributed by atoms with van der Waals surface area (Å²) in [7, 11) is 0. The van der Waals surface area contributed by atoms with Crippen LogP contribution in [0.15, 0.2) is 24.5 Å². The number of hydrogen-bond donors (Lipinski definition) is 1. The monoisotopic (exact) mass is 422 g/mol. The minimum Gasteiger partial charge on any atom is -0.485 e. The van der Waals surface area contributed by atoms with E-state index in [9.17, 15) is 0 Å². The van der Waals surface area contributed by atoms with Gasteiger partial charge in [-0.15, -0.1) is 16.4 Å². The lowest BCUT2D eigenvalue weighted by Crippen LogP contribution is -3.03. The molecular formula is C23H28N5OS+. The van der Waals surface area contributed by atoms with E-state index in [-0.39, 0.29) is 11.1 Å². The van der Waals surface area contributed by atoms with E-state index in [0.717, 1.165) is 39.2 Å². The Morgan fingerprint density at radius 1 is 1.17 bits per heavy atom. The molecule has 1 aromatic carbocycles. The highest BCUT2D eigenvalue weighted by atomic mass is 32.1. The van der Waals surface area contributed by atoms with Gasteiger partial charge < -0.3 is 10.1 Å². The third-order valence-electron chi connectivity index (χ3n) is 5.90. The van der Waals surface area contributed by atoms with Gasteiger partial charge >= 0.3 is 0 Å². The lowest BCUT2D eigenvalue weighted by atomic mass is 9.82. The topological polar surface area (TPSA) is 68.9 Å². The van der Waals surface area contributed by atoms with Gasteiger partial charge in [-0.3, -0.25) is 0 Å². The number of quaternary nitrogens is 1. The predicted molar refractivity (Wildman–Crippen MR) is 119 cm³/mol. The molecule has 1 aliphatic heterocycles. The number of rotatable bonds is 3. The van der Waals surface area contributed by atoms with Crippen LogP contribution < -0.4 is 10.1 Å². The van der Waals surface area contributed by atoms with E-state index in [2.05, 4.69) is 64.1 Å². The number of nitrogens with two attached hydrogens (primary N) is 1. The van der Waals surface area contributed by atoms with Crippen molar-refractivity contribution in [2.24, 2.45) is 0 Å². The van der Waals surface area contributed by atoms with Gasteiger partial charge in [0.1, 0.15) is 29.1 Å². The largest absolute Gasteiger partial charge is 0.485 e. The SMILES string of the molecule is Cc1cccc(C)c1OCc1nc2c3c4c(sc3ncn2n1)C(C)(C)[NH2+]C(C)(C)C4. The summed E-state index contributed by atoms with van der Waals surface area (Å²) < 4.78 is 7.90. The van der Waals surface area contributed by atoms with Gasteiger partial charge in [-0.25, -0.2) is 14.5 Å². The number of aromatic nitrogens is 4. The van der Waals surface area contributed by atoms with Crippen LogP contribution in [0.3, 0.4) is 0 Å². The summed E-state index contributed by atoms with van der Waals surface area (Å²) in [5, 5.41) is 8.28. The van der Waals surface area contributed by atoms with Gasteiger partial charge in [0.2, 0.25) is 0 Å². The Hall–Kier alpha value is -2.51. The highest BCUT2D eigenvalue weighted by Crippen LogP contribution is 2.41. The second kappa shape index (κ2) is 6.49. The predicted octanol–water partition coefficient (Wildman–Crippen LogP) is 3.67. The third kappa shape index (κ3) is 3.08. The third-order valence-corrected chi connectivity index (χ3v) is 7.37. The molecule has 7 heteroatoms. The van der Waals surface area contributed by atoms with Crippen LogP contribution in [0.4, 0.5) is 0 Å². The van der Waals surface area contributed by atoms with E-state index < -0.39 is 0 Å². The number of benzene rings is 1. The van der Waals surface area contributed by atoms with E-state index in [1.165, 1.54) is 10.4 Å². The molecule has 0 bridgehead atoms. The lowest BCUT2D eigenvalue weighted by Gasteiger charge is -2.38. The Bertz CT molecular complexity index is 1260. The quantitative estimate of drug-likeness (QED) is 0.547. The molecule has 0 fully saturated rings. The highest BCUT2D eigenvalue weighted by Gasteiger charge is 2.43. The number of para-hydroxylation sites is 1. The smallest absolute Gasteiger partial charge is 0.189 e. The average molecular weight is 423 g/mol. The number of hydrogen-bond acceptors (Lipinski definition) is 5. The standard InChI is InChI=1S/C23H27N5OS/c1-13-8-7-9-14(2)18(13)29-11-16-25-20-17-15-10-22(3,4)27-23(5,6)19(15)30-21(17)24-12-28(20)26-16/h7-9,12,27H,10-11H2,1-6H3/p+1. The van der Waals surface area contributed by atoms with Crippen LogP contribution >= 0.6 is 11.3 Å². The van der Waals surface area contributed by atoms with Crippen molar-refractivity contribution in [1.82, 2.24) is 19.6 Å². The fraction of sp³-hybridized carbons (Fsp3) is 0.435. The first-order chi connectivity index (χ1) is 14.1. The molecule has 6 nitrogen and oxygen atoms in total. The molecule has 4 heterocycles. The average Bonchev–Trinajstić information content (AvgIpc) is 3.21. The molecule has 0 atom stereocenters. The van der Waals surface area contributed by atoms with Crippen LogP contribution in [-0.4, -0.2) is 25.1 Å². The van der Waals surface area contributed by atoms with Gasteiger partial charge in [0.25, 0.3) is 0 Å². The number of nitrogens with zero attached hydrogens (tertiary/aromatic N) is 4. The van der Waals surface area contributed by atoms with E-state index in [4.69, 9.17) is 14.7 Å². The fourth-order valence-corrected chi connectivity index (χ4v) is 6.19. The molecule has 0 unspecified atom stereocenters. The Labute approximate surface area is 180 Å². The lowest BCUT2D eigenvalue weighted by molar-refractivity contribution is -0.789. The Morgan fingerprint density at radius 2 is 1.90 bits per heavy atom. The van der Waals surface area contributed by atoms with Crippen LogP contribution in [0.25, 0.3) is 15.9 Å². The van der Waals surface area contributed by atoms with Gasteiger partial charge in [-0.2, -0.15) is 0 Å². The molecule has 4 aromatic rings. The van der Waals surface area contributed by atoms with Crippen LogP contribution in [0, 0.1) is 13.8 Å². The van der Waals surface area contributed by atoms with E-state index in [1.807, 2.05) is 6.07 Å². The van der Waals surface area contributed by atoms with Crippen molar-refractivity contribution < 1.29 is 10.1 Å². The molecule has 0 saturated carbocycles. The Kier molecular flexibility index (Phi) is 4.21. The Balaban J connectivity index is 1.58. The molecule has 0 aliphatic carbocycles. The molecule has 30 heavy (non-hydrogen) atoms. The van der Waals surface area contributed by atoms with Crippen molar-refractivity contribution in [2.75, 3.05) is 0 Å². The minimum absolute atomic E-state index is 0.0216. The van der Waals surface area contributed by atoms with Crippen LogP contribution in [-0.2, 0) is 18.6 Å². The second-order valence-electron chi connectivity index (χ2n) is 9.67. The van der Waals surface area contributed by atoms with Gasteiger partial charge in [0.05, 0.1) is 15.8 Å². The molecule has 3 aromatic heterocycles. The van der Waals surface area contributed by atoms with Crippen molar-refractivity contribution in [3.63, 3.8) is 0 Å².